The summed E-state index contributed by atoms with van der Waals surface area (Å²) in [5, 5.41) is 8.27. The second kappa shape index (κ2) is 24.1. The number of carbonyl (C=O) groups is 1. The summed E-state index contributed by atoms with van der Waals surface area (Å²) < 4.78 is 47.4. The minimum Gasteiger partial charge on any atom is -0.491 e. The third-order valence-electron chi connectivity index (χ3n) is 3.92. The van der Waals surface area contributed by atoms with Crippen LogP contribution < -0.4 is 4.74 Å². The highest BCUT2D eigenvalue weighted by Gasteiger charge is 1.97. The third-order valence-corrected chi connectivity index (χ3v) is 3.92. The van der Waals surface area contributed by atoms with Crippen molar-refractivity contribution in [3.05, 3.63) is 30.3 Å². The van der Waals surface area contributed by atoms with Gasteiger partial charge in [0.15, 0.2) is 0 Å². The molecule has 0 unspecified atom stereocenters. The molecule has 11 heteroatoms. The molecule has 11 nitrogen and oxygen atoms in total. The first-order valence-corrected chi connectivity index (χ1v) is 11.4. The number of para-hydroxylation sites is 1. The lowest BCUT2D eigenvalue weighted by Gasteiger charge is -2.09. The van der Waals surface area contributed by atoms with Gasteiger partial charge < -0.3 is 47.7 Å². The van der Waals surface area contributed by atoms with E-state index >= 15 is 0 Å². The molecule has 0 aliphatic rings. The number of rotatable bonds is 25. The van der Waals surface area contributed by atoms with Crippen molar-refractivity contribution in [3.8, 4) is 5.75 Å². The van der Waals surface area contributed by atoms with E-state index in [1.807, 2.05) is 30.3 Å². The molecule has 0 amide bonds. The summed E-state index contributed by atoms with van der Waals surface area (Å²) >= 11 is 0. The zero-order valence-electron chi connectivity index (χ0n) is 19.7. The third kappa shape index (κ3) is 21.8. The number of ether oxygens (including phenoxy) is 9. The lowest BCUT2D eigenvalue weighted by atomic mass is 10.3. The molecular formula is C23H38O11. The second-order valence-corrected chi connectivity index (χ2v) is 6.56. The van der Waals surface area contributed by atoms with Crippen molar-refractivity contribution in [1.29, 1.82) is 0 Å². The van der Waals surface area contributed by atoms with Crippen molar-refractivity contribution in [2.24, 2.45) is 0 Å². The Hall–Kier alpha value is -1.99. The van der Waals surface area contributed by atoms with Gasteiger partial charge in [0.1, 0.15) is 19.0 Å². The van der Waals surface area contributed by atoms with E-state index in [2.05, 4.69) is 4.74 Å². The number of benzene rings is 1. The van der Waals surface area contributed by atoms with Crippen LogP contribution in [0.5, 0.6) is 5.75 Å². The van der Waals surface area contributed by atoms with Crippen molar-refractivity contribution in [2.45, 2.75) is 0 Å². The van der Waals surface area contributed by atoms with Gasteiger partial charge in [-0.3, -0.25) is 0 Å². The number of hydrogen-bond donors (Lipinski definition) is 1. The van der Waals surface area contributed by atoms with Crippen LogP contribution in [0.2, 0.25) is 0 Å². The fraction of sp³-hybridized carbons (Fsp3) is 0.696. The summed E-state index contributed by atoms with van der Waals surface area (Å²) in [6.45, 7) is 6.94. The van der Waals surface area contributed by atoms with E-state index in [4.69, 9.17) is 43.0 Å². The van der Waals surface area contributed by atoms with Crippen molar-refractivity contribution >= 4 is 6.16 Å². The smallest absolute Gasteiger partial charge is 0.491 e. The van der Waals surface area contributed by atoms with Gasteiger partial charge in [-0.1, -0.05) is 18.2 Å². The topological polar surface area (TPSA) is 120 Å². The first-order chi connectivity index (χ1) is 16.8. The highest BCUT2D eigenvalue weighted by molar-refractivity contribution is 5.56. The minimum absolute atomic E-state index is 0.0133. The lowest BCUT2D eigenvalue weighted by molar-refractivity contribution is -0.0228. The summed E-state index contributed by atoms with van der Waals surface area (Å²) in [4.78, 5) is 10.1. The van der Waals surface area contributed by atoms with E-state index in [1.54, 1.807) is 0 Å². The van der Waals surface area contributed by atoms with Crippen molar-refractivity contribution in [1.82, 2.24) is 0 Å². The number of carboxylic acid groups (broad SMARTS) is 1. The summed E-state index contributed by atoms with van der Waals surface area (Å²) in [7, 11) is 0. The van der Waals surface area contributed by atoms with E-state index in [1.165, 1.54) is 0 Å². The van der Waals surface area contributed by atoms with Crippen LogP contribution in [0.4, 0.5) is 4.79 Å². The highest BCUT2D eigenvalue weighted by atomic mass is 16.7. The lowest BCUT2D eigenvalue weighted by Crippen LogP contribution is -2.15. The average molecular weight is 491 g/mol. The molecule has 1 aromatic carbocycles. The molecule has 0 fully saturated rings. The van der Waals surface area contributed by atoms with Crippen LogP contribution in [-0.4, -0.2) is 117 Å². The van der Waals surface area contributed by atoms with E-state index in [9.17, 15) is 4.79 Å². The molecule has 0 heterocycles. The molecule has 1 rings (SSSR count). The molecule has 1 N–H and O–H groups in total. The summed E-state index contributed by atoms with van der Waals surface area (Å²) in [6.07, 6.45) is -1.31. The molecule has 0 aromatic heterocycles. The van der Waals surface area contributed by atoms with Gasteiger partial charge >= 0.3 is 6.16 Å². The van der Waals surface area contributed by atoms with E-state index in [0.29, 0.717) is 92.5 Å². The molecule has 0 atom stereocenters. The van der Waals surface area contributed by atoms with E-state index in [0.717, 1.165) is 5.75 Å². The zero-order chi connectivity index (χ0) is 24.4. The van der Waals surface area contributed by atoms with Gasteiger partial charge in [0, 0.05) is 0 Å². The Balaban J connectivity index is 1.64. The van der Waals surface area contributed by atoms with Crippen molar-refractivity contribution in [3.63, 3.8) is 0 Å². The molecule has 196 valence electrons. The maximum absolute atomic E-state index is 10.1. The Bertz CT molecular complexity index is 559. The maximum atomic E-state index is 10.1. The van der Waals surface area contributed by atoms with Crippen LogP contribution in [-0.2, 0) is 37.9 Å². The molecule has 0 aliphatic heterocycles. The quantitative estimate of drug-likeness (QED) is 0.160. The summed E-state index contributed by atoms with van der Waals surface area (Å²) in [5.41, 5.74) is 0. The molecule has 34 heavy (non-hydrogen) atoms. The Labute approximate surface area is 201 Å². The zero-order valence-corrected chi connectivity index (χ0v) is 19.7. The highest BCUT2D eigenvalue weighted by Crippen LogP contribution is 2.07. The van der Waals surface area contributed by atoms with Crippen LogP contribution in [0.25, 0.3) is 0 Å². The number of hydrogen-bond acceptors (Lipinski definition) is 10. The van der Waals surface area contributed by atoms with Gasteiger partial charge in [0.2, 0.25) is 0 Å². The largest absolute Gasteiger partial charge is 0.505 e. The molecule has 0 spiro atoms. The normalized spacial score (nSPS) is 10.9. The Morgan fingerprint density at radius 2 is 0.824 bits per heavy atom. The molecule has 0 saturated carbocycles. The maximum Gasteiger partial charge on any atom is 0.505 e. The van der Waals surface area contributed by atoms with Gasteiger partial charge in [-0.2, -0.15) is 0 Å². The monoisotopic (exact) mass is 490 g/mol. The van der Waals surface area contributed by atoms with E-state index < -0.39 is 6.16 Å². The van der Waals surface area contributed by atoms with Gasteiger partial charge in [-0.25, -0.2) is 4.79 Å². The standard InChI is InChI=1S/C23H38O11/c24-23(25)34-21-19-32-17-15-30-13-11-28-9-7-26-6-8-27-10-12-29-14-16-31-18-20-33-22-4-2-1-3-5-22/h1-5H,6-21H2,(H,24,25). The van der Waals surface area contributed by atoms with Gasteiger partial charge in [-0.05, 0) is 12.1 Å². The molecule has 1 aromatic rings. The molecule has 0 saturated heterocycles. The fourth-order valence-corrected chi connectivity index (χ4v) is 2.34. The van der Waals surface area contributed by atoms with Crippen LogP contribution in [0.15, 0.2) is 30.3 Å². The van der Waals surface area contributed by atoms with Crippen LogP contribution in [0.1, 0.15) is 0 Å². The van der Waals surface area contributed by atoms with Crippen molar-refractivity contribution < 1.29 is 52.5 Å². The van der Waals surface area contributed by atoms with Gasteiger partial charge in [-0.15, -0.1) is 0 Å². The molecule has 0 bridgehead atoms. The SMILES string of the molecule is O=C(O)OCCOCCOCCOCCOCCOCCOCCOCCOc1ccccc1. The Morgan fingerprint density at radius 1 is 0.500 bits per heavy atom. The minimum atomic E-state index is -1.31. The van der Waals surface area contributed by atoms with Crippen LogP contribution in [0, 0.1) is 0 Å². The van der Waals surface area contributed by atoms with Crippen LogP contribution in [0.3, 0.4) is 0 Å². The fourth-order valence-electron chi connectivity index (χ4n) is 2.34. The van der Waals surface area contributed by atoms with Gasteiger partial charge in [0.25, 0.3) is 0 Å². The second-order valence-electron chi connectivity index (χ2n) is 6.56. The van der Waals surface area contributed by atoms with Crippen LogP contribution >= 0.6 is 0 Å². The summed E-state index contributed by atoms with van der Waals surface area (Å²) in [5.74, 6) is 0.837. The molecule has 0 aliphatic carbocycles. The van der Waals surface area contributed by atoms with Gasteiger partial charge in [0.05, 0.1) is 92.5 Å². The first kappa shape index (κ1) is 30.0. The predicted molar refractivity (Wildman–Crippen MR) is 122 cm³/mol. The average Bonchev–Trinajstić information content (AvgIpc) is 2.84. The summed E-state index contributed by atoms with van der Waals surface area (Å²) in [6, 6.07) is 9.63. The predicted octanol–water partition coefficient (Wildman–Crippen LogP) is 1.88. The Kier molecular flexibility index (Phi) is 21.3. The Morgan fingerprint density at radius 3 is 1.18 bits per heavy atom. The first-order valence-electron chi connectivity index (χ1n) is 11.4. The van der Waals surface area contributed by atoms with Crippen molar-refractivity contribution in [2.75, 3.05) is 106 Å². The molecular weight excluding hydrogens is 452 g/mol. The van der Waals surface area contributed by atoms with E-state index in [-0.39, 0.29) is 13.2 Å². The molecule has 0 radical (unpaired) electrons.